The molecule has 0 bridgehead atoms. The topological polar surface area (TPSA) is 40.5 Å². The third-order valence-corrected chi connectivity index (χ3v) is 4.19. The van der Waals surface area contributed by atoms with Crippen LogP contribution in [-0.2, 0) is 0 Å². The van der Waals surface area contributed by atoms with Crippen LogP contribution in [0, 0.1) is 16.2 Å². The molecule has 0 aliphatic heterocycles. The molecule has 0 fully saturated rings. The van der Waals surface area contributed by atoms with Gasteiger partial charge in [0.15, 0.2) is 0 Å². The molecule has 0 amide bonds. The van der Waals surface area contributed by atoms with Gasteiger partial charge in [0, 0.05) is 0 Å². The number of hydrogen-bond donors (Lipinski definition) is 2. The second kappa shape index (κ2) is 4.41. The van der Waals surface area contributed by atoms with Crippen LogP contribution in [0.3, 0.4) is 0 Å². The molecule has 1 aliphatic rings. The van der Waals surface area contributed by atoms with Crippen LogP contribution >= 0.6 is 0 Å². The van der Waals surface area contributed by atoms with Gasteiger partial charge in [0.2, 0.25) is 0 Å². The van der Waals surface area contributed by atoms with E-state index in [-0.39, 0.29) is 17.4 Å². The lowest BCUT2D eigenvalue weighted by molar-refractivity contribution is 0.00764. The summed E-state index contributed by atoms with van der Waals surface area (Å²) in [7, 11) is 0. The van der Waals surface area contributed by atoms with Gasteiger partial charge >= 0.3 is 0 Å². The Balaban J connectivity index is 3.51. The number of rotatable bonds is 1. The van der Waals surface area contributed by atoms with Gasteiger partial charge in [-0.05, 0) is 29.7 Å². The Morgan fingerprint density at radius 3 is 2.00 bits per heavy atom. The average Bonchev–Trinajstić information content (AvgIpc) is 2.17. The van der Waals surface area contributed by atoms with Crippen LogP contribution in [0.4, 0.5) is 0 Å². The van der Waals surface area contributed by atoms with Crippen molar-refractivity contribution in [2.75, 3.05) is 6.61 Å². The van der Waals surface area contributed by atoms with Gasteiger partial charge in [-0.3, -0.25) is 0 Å². The van der Waals surface area contributed by atoms with Gasteiger partial charge in [0.25, 0.3) is 0 Å². The number of allylic oxidation sites excluding steroid dienone is 3. The fourth-order valence-electron chi connectivity index (χ4n) is 2.74. The summed E-state index contributed by atoms with van der Waals surface area (Å²) in [6, 6.07) is 0. The molecule has 1 atom stereocenters. The first-order valence-electron chi connectivity index (χ1n) is 6.68. The highest BCUT2D eigenvalue weighted by Crippen LogP contribution is 2.53. The second-order valence-electron chi connectivity index (χ2n) is 7.67. The maximum absolute atomic E-state index is 10.7. The third-order valence-electron chi connectivity index (χ3n) is 4.19. The molecule has 2 nitrogen and oxygen atoms in total. The molecule has 0 aromatic carbocycles. The van der Waals surface area contributed by atoms with Gasteiger partial charge in [-0.1, -0.05) is 53.2 Å². The van der Waals surface area contributed by atoms with Crippen molar-refractivity contribution >= 4 is 0 Å². The van der Waals surface area contributed by atoms with Crippen LogP contribution in [0.25, 0.3) is 0 Å². The molecule has 0 saturated heterocycles. The molecule has 1 unspecified atom stereocenters. The van der Waals surface area contributed by atoms with Crippen molar-refractivity contribution in [1.82, 2.24) is 0 Å². The van der Waals surface area contributed by atoms with E-state index in [4.69, 9.17) is 0 Å². The smallest absolute Gasteiger partial charge is 0.105 e. The fraction of sp³-hybridized carbons (Fsp3) is 0.750. The largest absolute Gasteiger partial charge is 0.511 e. The van der Waals surface area contributed by atoms with Gasteiger partial charge < -0.3 is 10.2 Å². The van der Waals surface area contributed by atoms with Crippen molar-refractivity contribution in [3.05, 3.63) is 23.0 Å². The molecule has 1 rings (SSSR count). The summed E-state index contributed by atoms with van der Waals surface area (Å²) in [5, 5.41) is 20.7. The van der Waals surface area contributed by atoms with Gasteiger partial charge in [0.1, 0.15) is 5.76 Å². The lowest BCUT2D eigenvalue weighted by Gasteiger charge is -2.47. The molecule has 1 aliphatic carbocycles. The minimum atomic E-state index is -0.561. The Hall–Kier alpha value is -0.760. The number of aliphatic hydroxyl groups is 2. The van der Waals surface area contributed by atoms with Crippen LogP contribution in [-0.4, -0.2) is 16.8 Å². The lowest BCUT2D eigenvalue weighted by atomic mass is 9.58. The average molecular weight is 252 g/mol. The summed E-state index contributed by atoms with van der Waals surface area (Å²) in [6.45, 7) is 14.6. The van der Waals surface area contributed by atoms with E-state index in [0.29, 0.717) is 5.76 Å². The van der Waals surface area contributed by atoms with E-state index in [1.807, 2.05) is 0 Å². The van der Waals surface area contributed by atoms with Crippen molar-refractivity contribution in [2.24, 2.45) is 16.2 Å². The molecule has 18 heavy (non-hydrogen) atoms. The summed E-state index contributed by atoms with van der Waals surface area (Å²) in [6.07, 6.45) is 2.80. The molecule has 0 spiro atoms. The van der Waals surface area contributed by atoms with E-state index < -0.39 is 5.41 Å². The van der Waals surface area contributed by atoms with Crippen LogP contribution in [0.1, 0.15) is 54.9 Å². The molecule has 0 heterocycles. The predicted octanol–water partition coefficient (Wildman–Crippen LogP) is 4.22. The molecule has 0 aromatic heterocycles. The van der Waals surface area contributed by atoms with E-state index in [2.05, 4.69) is 54.5 Å². The molecule has 104 valence electrons. The molecule has 0 saturated carbocycles. The quantitative estimate of drug-likeness (QED) is 0.733. The van der Waals surface area contributed by atoms with E-state index in [1.165, 1.54) is 5.57 Å². The van der Waals surface area contributed by atoms with Crippen LogP contribution in [0.5, 0.6) is 0 Å². The molecular formula is C16H28O2. The lowest BCUT2D eigenvalue weighted by Crippen LogP contribution is -2.44. The maximum atomic E-state index is 10.7. The van der Waals surface area contributed by atoms with E-state index >= 15 is 0 Å². The predicted molar refractivity (Wildman–Crippen MR) is 76.5 cm³/mol. The zero-order valence-electron chi connectivity index (χ0n) is 12.9. The monoisotopic (exact) mass is 252 g/mol. The first kappa shape index (κ1) is 15.3. The summed E-state index contributed by atoms with van der Waals surface area (Å²) in [5.74, 6) is 0.371. The first-order chi connectivity index (χ1) is 7.95. The van der Waals surface area contributed by atoms with Gasteiger partial charge in [-0.25, -0.2) is 0 Å². The minimum absolute atomic E-state index is 0.0207. The SMILES string of the molecule is CC1=CC(C(C)(C)C)=C(O)C(CO)(C(C)(C)C)C1. The standard InChI is InChI=1S/C16H28O2/c1-11-8-12(14(2,3)4)13(18)16(9-11,10-17)15(5,6)7/h8,17-18H,9-10H2,1-7H3. The normalized spacial score (nSPS) is 26.3. The van der Waals surface area contributed by atoms with Crippen LogP contribution in [0.15, 0.2) is 23.0 Å². The number of hydrogen-bond acceptors (Lipinski definition) is 2. The Bertz CT molecular complexity index is 388. The highest BCUT2D eigenvalue weighted by Gasteiger charge is 2.48. The van der Waals surface area contributed by atoms with Gasteiger partial charge in [-0.15, -0.1) is 0 Å². The third kappa shape index (κ3) is 2.35. The van der Waals surface area contributed by atoms with Crippen molar-refractivity contribution in [2.45, 2.75) is 54.9 Å². The summed E-state index contributed by atoms with van der Waals surface area (Å²) >= 11 is 0. The van der Waals surface area contributed by atoms with Crippen LogP contribution in [0.2, 0.25) is 0 Å². The highest BCUT2D eigenvalue weighted by atomic mass is 16.3. The van der Waals surface area contributed by atoms with Crippen molar-refractivity contribution in [3.63, 3.8) is 0 Å². The molecular weight excluding hydrogens is 224 g/mol. The minimum Gasteiger partial charge on any atom is -0.511 e. The second-order valence-corrected chi connectivity index (χ2v) is 7.67. The molecule has 2 N–H and O–H groups in total. The van der Waals surface area contributed by atoms with E-state index in [1.54, 1.807) is 0 Å². The van der Waals surface area contributed by atoms with E-state index in [9.17, 15) is 10.2 Å². The highest BCUT2D eigenvalue weighted by molar-refractivity contribution is 5.39. The summed E-state index contributed by atoms with van der Waals surface area (Å²) in [5.41, 5.74) is 1.32. The van der Waals surface area contributed by atoms with Crippen molar-refractivity contribution < 1.29 is 10.2 Å². The maximum Gasteiger partial charge on any atom is 0.105 e. The van der Waals surface area contributed by atoms with E-state index in [0.717, 1.165) is 12.0 Å². The van der Waals surface area contributed by atoms with Gasteiger partial charge in [0.05, 0.1) is 12.0 Å². The summed E-state index contributed by atoms with van der Waals surface area (Å²) < 4.78 is 0. The zero-order chi connectivity index (χ0) is 14.4. The number of aliphatic hydroxyl groups excluding tert-OH is 2. The fourth-order valence-corrected chi connectivity index (χ4v) is 2.74. The zero-order valence-corrected chi connectivity index (χ0v) is 12.9. The Morgan fingerprint density at radius 2 is 1.67 bits per heavy atom. The Kier molecular flexibility index (Phi) is 3.75. The van der Waals surface area contributed by atoms with Crippen molar-refractivity contribution in [1.29, 1.82) is 0 Å². The Morgan fingerprint density at radius 1 is 1.17 bits per heavy atom. The van der Waals surface area contributed by atoms with Crippen molar-refractivity contribution in [3.8, 4) is 0 Å². The Labute approximate surface area is 111 Å². The summed E-state index contributed by atoms with van der Waals surface area (Å²) in [4.78, 5) is 0. The molecule has 0 radical (unpaired) electrons. The van der Waals surface area contributed by atoms with Gasteiger partial charge in [-0.2, -0.15) is 0 Å². The molecule has 2 heteroatoms. The van der Waals surface area contributed by atoms with Crippen LogP contribution < -0.4 is 0 Å². The first-order valence-corrected chi connectivity index (χ1v) is 6.68. The molecule has 0 aromatic rings.